The molecular formula is C81H148O17P2. The second kappa shape index (κ2) is 74.0. The van der Waals surface area contributed by atoms with Gasteiger partial charge in [-0.25, -0.2) is 9.13 Å². The van der Waals surface area contributed by atoms with Gasteiger partial charge in [0, 0.05) is 25.7 Å². The molecule has 0 amide bonds. The van der Waals surface area contributed by atoms with Crippen molar-refractivity contribution in [3.63, 3.8) is 0 Å². The zero-order valence-corrected chi connectivity index (χ0v) is 65.7. The van der Waals surface area contributed by atoms with Crippen LogP contribution in [0, 0.1) is 0 Å². The summed E-state index contributed by atoms with van der Waals surface area (Å²) in [5.74, 6) is -2.19. The molecule has 0 saturated heterocycles. The predicted octanol–water partition coefficient (Wildman–Crippen LogP) is 23.5. The fourth-order valence-electron chi connectivity index (χ4n) is 11.2. The number of carbonyl (C=O) groups excluding carboxylic acids is 4. The fraction of sp³-hybridized carbons (Fsp3) is 0.827. The van der Waals surface area contributed by atoms with E-state index in [0.717, 1.165) is 161 Å². The van der Waals surface area contributed by atoms with Gasteiger partial charge in [0.2, 0.25) is 0 Å². The number of rotatable bonds is 77. The summed E-state index contributed by atoms with van der Waals surface area (Å²) in [7, 11) is -9.95. The van der Waals surface area contributed by atoms with Crippen molar-refractivity contribution in [1.82, 2.24) is 0 Å². The van der Waals surface area contributed by atoms with Gasteiger partial charge in [0.1, 0.15) is 19.3 Å². The Kier molecular flexibility index (Phi) is 71.6. The lowest BCUT2D eigenvalue weighted by Gasteiger charge is -2.21. The minimum atomic E-state index is -4.98. The molecule has 3 unspecified atom stereocenters. The van der Waals surface area contributed by atoms with Crippen LogP contribution >= 0.6 is 15.6 Å². The third-order valence-corrected chi connectivity index (χ3v) is 19.3. The van der Waals surface area contributed by atoms with Gasteiger partial charge in [-0.2, -0.15) is 0 Å². The normalized spacial score (nSPS) is 14.2. The number of esters is 4. The van der Waals surface area contributed by atoms with Crippen molar-refractivity contribution in [1.29, 1.82) is 0 Å². The highest BCUT2D eigenvalue weighted by Gasteiger charge is 2.30. The summed E-state index contributed by atoms with van der Waals surface area (Å²) in [5.41, 5.74) is 0. The second-order valence-corrected chi connectivity index (χ2v) is 30.3. The smallest absolute Gasteiger partial charge is 0.462 e. The standard InChI is InChI=1S/C81H148O17P2/c1-5-9-13-17-21-25-29-33-37-41-45-49-53-57-61-65-78(83)91-71-76(97-80(85)67-63-59-55-51-47-43-39-35-31-27-23-19-15-11-7-3)73-95-99(87,88)93-69-75(82)70-94-100(89,90)96-74-77(98-81(86)68-64-60-56-52-48-44-40-36-32-28-24-20-16-12-8-4)72-92-79(84)66-62-58-54-50-46-42-38-34-30-26-22-18-14-10-6-2/h23,27,33-40,75-77,82H,5-22,24-26,28-32,41-74H2,1-4H3,(H,87,88)(H,89,90)/t75?,76-,77-/m1/s1. The highest BCUT2D eigenvalue weighted by molar-refractivity contribution is 7.47. The first-order valence-corrected chi connectivity index (χ1v) is 43.5. The molecule has 0 aliphatic rings. The number of unbranched alkanes of at least 4 members (excludes halogenated alkanes) is 41. The molecule has 0 aromatic rings. The molecule has 0 aliphatic heterocycles. The molecular weight excluding hydrogens is 1310 g/mol. The van der Waals surface area contributed by atoms with E-state index in [9.17, 15) is 43.2 Å². The largest absolute Gasteiger partial charge is 0.472 e. The molecule has 5 atom stereocenters. The number of hydrogen-bond acceptors (Lipinski definition) is 15. The van der Waals surface area contributed by atoms with Crippen LogP contribution in [0.25, 0.3) is 0 Å². The van der Waals surface area contributed by atoms with E-state index in [2.05, 4.69) is 88.5 Å². The molecule has 3 N–H and O–H groups in total. The molecule has 584 valence electrons. The number of hydrogen-bond donors (Lipinski definition) is 3. The minimum absolute atomic E-state index is 0.0808. The van der Waals surface area contributed by atoms with E-state index in [1.165, 1.54) is 135 Å². The van der Waals surface area contributed by atoms with Crippen LogP contribution in [-0.4, -0.2) is 96.7 Å². The number of aliphatic hydroxyl groups is 1. The Balaban J connectivity index is 5.36. The molecule has 17 nitrogen and oxygen atoms in total. The first-order chi connectivity index (χ1) is 48.7. The fourth-order valence-corrected chi connectivity index (χ4v) is 12.8. The third kappa shape index (κ3) is 73.1. The van der Waals surface area contributed by atoms with Crippen LogP contribution in [0.5, 0.6) is 0 Å². The molecule has 100 heavy (non-hydrogen) atoms. The maximum absolute atomic E-state index is 13.1. The van der Waals surface area contributed by atoms with Crippen molar-refractivity contribution < 1.29 is 80.2 Å². The van der Waals surface area contributed by atoms with Crippen molar-refractivity contribution in [2.24, 2.45) is 0 Å². The lowest BCUT2D eigenvalue weighted by molar-refractivity contribution is -0.161. The topological polar surface area (TPSA) is 237 Å². The molecule has 19 heteroatoms. The zero-order valence-electron chi connectivity index (χ0n) is 63.9. The second-order valence-electron chi connectivity index (χ2n) is 27.3. The first-order valence-electron chi connectivity index (χ1n) is 40.5. The Morgan fingerprint density at radius 1 is 0.280 bits per heavy atom. The molecule has 0 radical (unpaired) electrons. The van der Waals surface area contributed by atoms with Gasteiger partial charge in [0.05, 0.1) is 26.4 Å². The third-order valence-electron chi connectivity index (χ3n) is 17.4. The molecule has 0 bridgehead atoms. The van der Waals surface area contributed by atoms with Gasteiger partial charge in [-0.15, -0.1) is 0 Å². The highest BCUT2D eigenvalue weighted by Crippen LogP contribution is 2.45. The lowest BCUT2D eigenvalue weighted by Crippen LogP contribution is -2.30. The molecule has 0 rings (SSSR count). The maximum Gasteiger partial charge on any atom is 0.472 e. The number of ether oxygens (including phenoxy) is 4. The van der Waals surface area contributed by atoms with Crippen LogP contribution in [0.3, 0.4) is 0 Å². The monoisotopic (exact) mass is 1460 g/mol. The average Bonchev–Trinajstić information content (AvgIpc) is 1.25. The van der Waals surface area contributed by atoms with E-state index in [4.69, 9.17) is 37.0 Å². The van der Waals surface area contributed by atoms with E-state index in [-0.39, 0.29) is 25.7 Å². The van der Waals surface area contributed by atoms with Gasteiger partial charge >= 0.3 is 39.5 Å². The van der Waals surface area contributed by atoms with Crippen LogP contribution in [0.2, 0.25) is 0 Å². The minimum Gasteiger partial charge on any atom is -0.462 e. The molecule has 0 saturated carbocycles. The van der Waals surface area contributed by atoms with Gasteiger partial charge in [-0.05, 0) is 135 Å². The van der Waals surface area contributed by atoms with Crippen LogP contribution < -0.4 is 0 Å². The van der Waals surface area contributed by atoms with Gasteiger partial charge in [0.25, 0.3) is 0 Å². The van der Waals surface area contributed by atoms with E-state index in [1.54, 1.807) is 0 Å². The van der Waals surface area contributed by atoms with Gasteiger partial charge in [-0.3, -0.25) is 37.3 Å². The Labute approximate surface area is 610 Å². The van der Waals surface area contributed by atoms with Crippen molar-refractivity contribution in [3.05, 3.63) is 60.8 Å². The Bertz CT molecular complexity index is 2130. The van der Waals surface area contributed by atoms with E-state index in [0.29, 0.717) is 25.7 Å². The van der Waals surface area contributed by atoms with Gasteiger partial charge in [-0.1, -0.05) is 275 Å². The average molecular weight is 1460 g/mol. The van der Waals surface area contributed by atoms with E-state index in [1.807, 2.05) is 0 Å². The predicted molar refractivity (Wildman–Crippen MR) is 409 cm³/mol. The molecule has 0 aromatic carbocycles. The van der Waals surface area contributed by atoms with E-state index < -0.39 is 97.5 Å². The molecule has 0 aliphatic carbocycles. The summed E-state index contributed by atoms with van der Waals surface area (Å²) in [6.45, 7) is 4.86. The van der Waals surface area contributed by atoms with Crippen molar-refractivity contribution in [2.75, 3.05) is 39.6 Å². The molecule has 0 aromatic heterocycles. The van der Waals surface area contributed by atoms with Crippen molar-refractivity contribution >= 4 is 39.5 Å². The van der Waals surface area contributed by atoms with Gasteiger partial charge < -0.3 is 33.8 Å². The summed E-state index contributed by atoms with van der Waals surface area (Å²) in [6.07, 6.45) is 73.3. The Morgan fingerprint density at radius 2 is 0.490 bits per heavy atom. The zero-order chi connectivity index (χ0) is 73.2. The number of carbonyl (C=O) groups is 4. The SMILES string of the molecule is CCCCCC=CCC=CCCCCCCCC(=O)O[C@H](COC(=O)CCCCCCCC=CCCCCCCCC)COP(=O)(O)OCC(O)COP(=O)(O)OC[C@@H](COC(=O)CCCCCCCC=CCCCCCCCC)OC(=O)CCCCCCCC=CCCCCCCCC. The summed E-state index contributed by atoms with van der Waals surface area (Å²) >= 11 is 0. The van der Waals surface area contributed by atoms with E-state index >= 15 is 0 Å². The summed E-state index contributed by atoms with van der Waals surface area (Å²) in [4.78, 5) is 73.0. The van der Waals surface area contributed by atoms with Crippen LogP contribution in [0.1, 0.15) is 374 Å². The Hall–Kier alpha value is -3.24. The number of allylic oxidation sites excluding steroid dienone is 10. The van der Waals surface area contributed by atoms with Crippen LogP contribution in [0.15, 0.2) is 60.8 Å². The van der Waals surface area contributed by atoms with Crippen LogP contribution in [0.4, 0.5) is 0 Å². The molecule has 0 fully saturated rings. The first kappa shape index (κ1) is 96.8. The van der Waals surface area contributed by atoms with Crippen molar-refractivity contribution in [3.8, 4) is 0 Å². The van der Waals surface area contributed by atoms with Crippen molar-refractivity contribution in [2.45, 2.75) is 393 Å². The quantitative estimate of drug-likeness (QED) is 0.0169. The molecule has 0 spiro atoms. The molecule has 0 heterocycles. The number of phosphoric ester groups is 2. The summed E-state index contributed by atoms with van der Waals surface area (Å²) < 4.78 is 68.6. The highest BCUT2D eigenvalue weighted by atomic mass is 31.2. The van der Waals surface area contributed by atoms with Gasteiger partial charge in [0.15, 0.2) is 12.2 Å². The summed E-state index contributed by atoms with van der Waals surface area (Å²) in [6, 6.07) is 0. The lowest BCUT2D eigenvalue weighted by atomic mass is 10.1. The number of aliphatic hydroxyl groups excluding tert-OH is 1. The maximum atomic E-state index is 13.1. The Morgan fingerprint density at radius 3 is 0.770 bits per heavy atom. The van der Waals surface area contributed by atoms with Crippen LogP contribution in [-0.2, 0) is 65.4 Å². The number of phosphoric acid groups is 2. The summed E-state index contributed by atoms with van der Waals surface area (Å²) in [5, 5.41) is 10.6.